The summed E-state index contributed by atoms with van der Waals surface area (Å²) >= 11 is 0. The van der Waals surface area contributed by atoms with E-state index in [1.54, 1.807) is 6.92 Å². The van der Waals surface area contributed by atoms with Crippen molar-refractivity contribution in [1.82, 2.24) is 10.6 Å². The molecule has 0 saturated carbocycles. The molecule has 1 aliphatic heterocycles. The van der Waals surface area contributed by atoms with Crippen LogP contribution in [0.2, 0.25) is 0 Å². The minimum atomic E-state index is 0.000283. The van der Waals surface area contributed by atoms with Crippen LogP contribution in [0, 0.1) is 11.8 Å². The molecular formula is C13H24N2O2. The highest BCUT2D eigenvalue weighted by Gasteiger charge is 2.30. The molecule has 4 heteroatoms. The van der Waals surface area contributed by atoms with Crippen LogP contribution in [0.3, 0.4) is 0 Å². The zero-order valence-corrected chi connectivity index (χ0v) is 11.1. The van der Waals surface area contributed by atoms with E-state index in [0.717, 1.165) is 32.2 Å². The second-order valence-electron chi connectivity index (χ2n) is 4.90. The topological polar surface area (TPSA) is 58.2 Å². The third kappa shape index (κ3) is 4.02. The quantitative estimate of drug-likeness (QED) is 0.738. The van der Waals surface area contributed by atoms with Gasteiger partial charge in [0.05, 0.1) is 0 Å². The average molecular weight is 240 g/mol. The Bertz CT molecular complexity index is 275. The predicted octanol–water partition coefficient (Wildman–Crippen LogP) is 1.45. The van der Waals surface area contributed by atoms with E-state index in [0.29, 0.717) is 5.92 Å². The van der Waals surface area contributed by atoms with Gasteiger partial charge in [0, 0.05) is 25.4 Å². The van der Waals surface area contributed by atoms with Crippen LogP contribution in [0.5, 0.6) is 0 Å². The minimum Gasteiger partial charge on any atom is -0.356 e. The summed E-state index contributed by atoms with van der Waals surface area (Å²) < 4.78 is 0. The molecule has 0 bridgehead atoms. The molecule has 1 fully saturated rings. The Balaban J connectivity index is 2.61. The Labute approximate surface area is 104 Å². The van der Waals surface area contributed by atoms with Crippen molar-refractivity contribution >= 4 is 11.8 Å². The monoisotopic (exact) mass is 240 g/mol. The van der Waals surface area contributed by atoms with Crippen LogP contribution in [-0.4, -0.2) is 24.4 Å². The van der Waals surface area contributed by atoms with Crippen molar-refractivity contribution in [2.24, 2.45) is 11.8 Å². The van der Waals surface area contributed by atoms with Gasteiger partial charge in [0.15, 0.2) is 0 Å². The fraction of sp³-hybridized carbons (Fsp3) is 0.846. The lowest BCUT2D eigenvalue weighted by Crippen LogP contribution is -2.41. The van der Waals surface area contributed by atoms with Gasteiger partial charge in [-0.2, -0.15) is 0 Å². The van der Waals surface area contributed by atoms with Gasteiger partial charge in [-0.3, -0.25) is 9.59 Å². The van der Waals surface area contributed by atoms with Crippen LogP contribution < -0.4 is 10.6 Å². The lowest BCUT2D eigenvalue weighted by molar-refractivity contribution is -0.124. The zero-order valence-electron chi connectivity index (χ0n) is 11.1. The molecule has 0 spiro atoms. The van der Waals surface area contributed by atoms with Crippen molar-refractivity contribution < 1.29 is 9.59 Å². The third-order valence-corrected chi connectivity index (χ3v) is 3.71. The second kappa shape index (κ2) is 6.62. The van der Waals surface area contributed by atoms with Crippen molar-refractivity contribution in [2.45, 2.75) is 52.5 Å². The Morgan fingerprint density at radius 2 is 2.12 bits per heavy atom. The van der Waals surface area contributed by atoms with Crippen molar-refractivity contribution in [3.63, 3.8) is 0 Å². The summed E-state index contributed by atoms with van der Waals surface area (Å²) in [5, 5.41) is 5.86. The fourth-order valence-electron chi connectivity index (χ4n) is 2.66. The Morgan fingerprint density at radius 3 is 2.53 bits per heavy atom. The average Bonchev–Trinajstić information content (AvgIpc) is 2.65. The van der Waals surface area contributed by atoms with Gasteiger partial charge in [0.1, 0.15) is 0 Å². The number of hydrogen-bond donors (Lipinski definition) is 2. The highest BCUT2D eigenvalue weighted by Crippen LogP contribution is 2.23. The number of nitrogens with one attached hydrogen (secondary N) is 2. The van der Waals surface area contributed by atoms with Crippen LogP contribution >= 0.6 is 0 Å². The fourth-order valence-corrected chi connectivity index (χ4v) is 2.66. The molecule has 98 valence electrons. The van der Waals surface area contributed by atoms with Crippen LogP contribution in [-0.2, 0) is 9.59 Å². The molecular weight excluding hydrogens is 216 g/mol. The zero-order chi connectivity index (χ0) is 12.8. The largest absolute Gasteiger partial charge is 0.356 e. The number of hydrogen-bond acceptors (Lipinski definition) is 2. The summed E-state index contributed by atoms with van der Waals surface area (Å²) in [4.78, 5) is 22.8. The van der Waals surface area contributed by atoms with E-state index in [4.69, 9.17) is 0 Å². The first-order valence-electron chi connectivity index (χ1n) is 6.63. The van der Waals surface area contributed by atoms with Crippen LogP contribution in [0.1, 0.15) is 46.5 Å². The molecule has 2 unspecified atom stereocenters. The first-order chi connectivity index (χ1) is 8.08. The summed E-state index contributed by atoms with van der Waals surface area (Å²) in [6.45, 7) is 6.60. The van der Waals surface area contributed by atoms with Gasteiger partial charge in [0.25, 0.3) is 0 Å². The summed E-state index contributed by atoms with van der Waals surface area (Å²) in [6, 6.07) is 0.136. The van der Waals surface area contributed by atoms with Crippen molar-refractivity contribution in [3.05, 3.63) is 0 Å². The molecule has 2 N–H and O–H groups in total. The SMILES string of the molecule is CCC(CC)C(CC1CCNC1=O)NC(C)=O. The number of carbonyl (C=O) groups is 2. The van der Waals surface area contributed by atoms with E-state index in [1.807, 2.05) is 0 Å². The molecule has 2 amide bonds. The molecule has 1 aliphatic rings. The van der Waals surface area contributed by atoms with E-state index >= 15 is 0 Å². The molecule has 4 nitrogen and oxygen atoms in total. The lowest BCUT2D eigenvalue weighted by atomic mass is 9.86. The van der Waals surface area contributed by atoms with Gasteiger partial charge in [-0.25, -0.2) is 0 Å². The molecule has 1 saturated heterocycles. The summed E-state index contributed by atoms with van der Waals surface area (Å²) in [5.74, 6) is 0.686. The van der Waals surface area contributed by atoms with Crippen molar-refractivity contribution in [3.8, 4) is 0 Å². The van der Waals surface area contributed by atoms with Crippen molar-refractivity contribution in [2.75, 3.05) is 6.54 Å². The van der Waals surface area contributed by atoms with Gasteiger partial charge < -0.3 is 10.6 Å². The number of carbonyl (C=O) groups excluding carboxylic acids is 2. The first-order valence-corrected chi connectivity index (χ1v) is 6.63. The van der Waals surface area contributed by atoms with E-state index in [1.165, 1.54) is 0 Å². The number of rotatable bonds is 6. The molecule has 1 heterocycles. The predicted molar refractivity (Wildman–Crippen MR) is 67.4 cm³/mol. The maximum absolute atomic E-state index is 11.6. The van der Waals surface area contributed by atoms with Crippen molar-refractivity contribution in [1.29, 1.82) is 0 Å². The minimum absolute atomic E-state index is 0.000283. The highest BCUT2D eigenvalue weighted by molar-refractivity contribution is 5.80. The Morgan fingerprint density at radius 1 is 1.47 bits per heavy atom. The Hall–Kier alpha value is -1.06. The second-order valence-corrected chi connectivity index (χ2v) is 4.90. The molecule has 0 aromatic carbocycles. The molecule has 17 heavy (non-hydrogen) atoms. The van der Waals surface area contributed by atoms with Crippen LogP contribution in [0.15, 0.2) is 0 Å². The molecule has 0 radical (unpaired) electrons. The van der Waals surface area contributed by atoms with E-state index in [9.17, 15) is 9.59 Å². The van der Waals surface area contributed by atoms with E-state index < -0.39 is 0 Å². The maximum atomic E-state index is 11.6. The van der Waals surface area contributed by atoms with Gasteiger partial charge in [-0.15, -0.1) is 0 Å². The van der Waals surface area contributed by atoms with Gasteiger partial charge in [0.2, 0.25) is 11.8 Å². The van der Waals surface area contributed by atoms with E-state index in [-0.39, 0.29) is 23.8 Å². The standard InChI is InChI=1S/C13H24N2O2/c1-4-10(5-2)12(15-9(3)16)8-11-6-7-14-13(11)17/h10-12H,4-8H2,1-3H3,(H,14,17)(H,15,16). The molecule has 2 atom stereocenters. The van der Waals surface area contributed by atoms with Crippen LogP contribution in [0.25, 0.3) is 0 Å². The third-order valence-electron chi connectivity index (χ3n) is 3.71. The van der Waals surface area contributed by atoms with E-state index in [2.05, 4.69) is 24.5 Å². The summed E-state index contributed by atoms with van der Waals surface area (Å²) in [5.41, 5.74) is 0. The smallest absolute Gasteiger partial charge is 0.223 e. The summed E-state index contributed by atoms with van der Waals surface area (Å²) in [6.07, 6.45) is 3.75. The van der Waals surface area contributed by atoms with Gasteiger partial charge >= 0.3 is 0 Å². The van der Waals surface area contributed by atoms with Crippen LogP contribution in [0.4, 0.5) is 0 Å². The van der Waals surface area contributed by atoms with Gasteiger partial charge in [-0.1, -0.05) is 26.7 Å². The molecule has 1 rings (SSSR count). The molecule has 0 aromatic heterocycles. The number of amides is 2. The van der Waals surface area contributed by atoms with Gasteiger partial charge in [-0.05, 0) is 18.8 Å². The first kappa shape index (κ1) is 14.0. The molecule has 0 aromatic rings. The molecule has 0 aliphatic carbocycles. The lowest BCUT2D eigenvalue weighted by Gasteiger charge is -2.27. The normalized spacial score (nSPS) is 21.4. The summed E-state index contributed by atoms with van der Waals surface area (Å²) in [7, 11) is 0. The Kier molecular flexibility index (Phi) is 5.45. The highest BCUT2D eigenvalue weighted by atomic mass is 16.2. The maximum Gasteiger partial charge on any atom is 0.223 e.